The number of nitrogens with one attached hydrogen (secondary N) is 2. The highest BCUT2D eigenvalue weighted by atomic mass is 19.4. The highest BCUT2D eigenvalue weighted by molar-refractivity contribution is 5.96. The number of amides is 2. The third-order valence-corrected chi connectivity index (χ3v) is 4.81. The number of rotatable bonds is 5. The van der Waals surface area contributed by atoms with E-state index in [0.717, 1.165) is 37.6 Å². The largest absolute Gasteiger partial charge is 0.418 e. The van der Waals surface area contributed by atoms with Gasteiger partial charge in [0.25, 0.3) is 5.91 Å². The average molecular weight is 405 g/mol. The standard InChI is InChI=1S/C21H22F3N3O2/c1-14-12-15(20(29)27-10-4-5-11-27)8-9-17(14)25-13-19(28)26-18-7-3-2-6-16(18)21(22,23)24/h2-3,6-9,12,25H,4-5,10-11,13H2,1H3,(H,26,28). The summed E-state index contributed by atoms with van der Waals surface area (Å²) in [5.74, 6) is -0.614. The van der Waals surface area contributed by atoms with Crippen molar-refractivity contribution in [1.82, 2.24) is 4.90 Å². The molecule has 1 fully saturated rings. The Morgan fingerprint density at radius 2 is 1.72 bits per heavy atom. The zero-order chi connectivity index (χ0) is 21.0. The number of para-hydroxylation sites is 1. The Bertz CT molecular complexity index is 906. The van der Waals surface area contributed by atoms with Crippen molar-refractivity contribution >= 4 is 23.2 Å². The first-order valence-electron chi connectivity index (χ1n) is 9.35. The molecule has 29 heavy (non-hydrogen) atoms. The second kappa shape index (κ2) is 8.55. The van der Waals surface area contributed by atoms with E-state index in [1.165, 1.54) is 18.2 Å². The molecule has 0 aromatic heterocycles. The lowest BCUT2D eigenvalue weighted by Gasteiger charge is -2.17. The van der Waals surface area contributed by atoms with Crippen LogP contribution in [-0.2, 0) is 11.0 Å². The van der Waals surface area contributed by atoms with Gasteiger partial charge in [-0.25, -0.2) is 0 Å². The van der Waals surface area contributed by atoms with Gasteiger partial charge in [0.05, 0.1) is 17.8 Å². The fourth-order valence-electron chi connectivity index (χ4n) is 3.31. The van der Waals surface area contributed by atoms with Gasteiger partial charge in [-0.2, -0.15) is 13.2 Å². The van der Waals surface area contributed by atoms with E-state index in [9.17, 15) is 22.8 Å². The van der Waals surface area contributed by atoms with Crippen LogP contribution in [-0.4, -0.2) is 36.3 Å². The SMILES string of the molecule is Cc1cc(C(=O)N2CCCC2)ccc1NCC(=O)Nc1ccccc1C(F)(F)F. The molecule has 2 aromatic carbocycles. The summed E-state index contributed by atoms with van der Waals surface area (Å²) >= 11 is 0. The number of halogens is 3. The summed E-state index contributed by atoms with van der Waals surface area (Å²) in [7, 11) is 0. The number of aryl methyl sites for hydroxylation is 1. The number of carbonyl (C=O) groups excluding carboxylic acids is 2. The fraction of sp³-hybridized carbons (Fsp3) is 0.333. The lowest BCUT2D eigenvalue weighted by Crippen LogP contribution is -2.27. The zero-order valence-corrected chi connectivity index (χ0v) is 16.0. The molecule has 0 bridgehead atoms. The van der Waals surface area contributed by atoms with Crippen molar-refractivity contribution in [2.75, 3.05) is 30.3 Å². The van der Waals surface area contributed by atoms with Crippen molar-refractivity contribution in [3.63, 3.8) is 0 Å². The summed E-state index contributed by atoms with van der Waals surface area (Å²) in [5, 5.41) is 5.20. The Morgan fingerprint density at radius 3 is 2.38 bits per heavy atom. The van der Waals surface area contributed by atoms with E-state index in [4.69, 9.17) is 0 Å². The molecule has 0 atom stereocenters. The molecule has 0 unspecified atom stereocenters. The topological polar surface area (TPSA) is 61.4 Å². The first-order valence-corrected chi connectivity index (χ1v) is 9.35. The Labute approximate surface area is 166 Å². The van der Waals surface area contributed by atoms with E-state index in [1.807, 2.05) is 4.90 Å². The van der Waals surface area contributed by atoms with Gasteiger partial charge in [0.15, 0.2) is 0 Å². The molecule has 3 rings (SSSR count). The molecular formula is C21H22F3N3O2. The van der Waals surface area contributed by atoms with Crippen molar-refractivity contribution in [1.29, 1.82) is 0 Å². The van der Waals surface area contributed by atoms with Crippen molar-refractivity contribution < 1.29 is 22.8 Å². The third kappa shape index (κ3) is 5.07. The number of likely N-dealkylation sites (tertiary alicyclic amines) is 1. The van der Waals surface area contributed by atoms with Crippen LogP contribution in [0.15, 0.2) is 42.5 Å². The Kier molecular flexibility index (Phi) is 6.10. The maximum Gasteiger partial charge on any atom is 0.418 e. The van der Waals surface area contributed by atoms with E-state index < -0.39 is 17.6 Å². The van der Waals surface area contributed by atoms with Gasteiger partial charge in [0.1, 0.15) is 0 Å². The predicted molar refractivity (Wildman–Crippen MR) is 105 cm³/mol. The Morgan fingerprint density at radius 1 is 1.03 bits per heavy atom. The molecule has 1 aliphatic rings. The number of hydrogen-bond acceptors (Lipinski definition) is 3. The molecule has 5 nitrogen and oxygen atoms in total. The first kappa shape index (κ1) is 20.7. The molecule has 1 heterocycles. The van der Waals surface area contributed by atoms with Crippen LogP contribution in [0.4, 0.5) is 24.5 Å². The molecule has 1 saturated heterocycles. The van der Waals surface area contributed by atoms with Gasteiger partial charge >= 0.3 is 6.18 Å². The van der Waals surface area contributed by atoms with E-state index >= 15 is 0 Å². The Hall–Kier alpha value is -3.03. The molecule has 0 spiro atoms. The predicted octanol–water partition coefficient (Wildman–Crippen LogP) is 4.30. The van der Waals surface area contributed by atoms with Crippen LogP contribution >= 0.6 is 0 Å². The summed E-state index contributed by atoms with van der Waals surface area (Å²) in [4.78, 5) is 26.4. The van der Waals surface area contributed by atoms with Crippen LogP contribution in [0, 0.1) is 6.92 Å². The van der Waals surface area contributed by atoms with Crippen molar-refractivity contribution in [2.24, 2.45) is 0 Å². The van der Waals surface area contributed by atoms with Gasteiger partial charge in [0.2, 0.25) is 5.91 Å². The molecule has 8 heteroatoms. The summed E-state index contributed by atoms with van der Waals surface area (Å²) in [6.07, 6.45) is -2.53. The highest BCUT2D eigenvalue weighted by Crippen LogP contribution is 2.34. The van der Waals surface area contributed by atoms with Gasteiger partial charge in [-0.05, 0) is 55.7 Å². The third-order valence-electron chi connectivity index (χ3n) is 4.81. The lowest BCUT2D eigenvalue weighted by atomic mass is 10.1. The van der Waals surface area contributed by atoms with Crippen molar-refractivity contribution in [2.45, 2.75) is 25.9 Å². The summed E-state index contributed by atoms with van der Waals surface area (Å²) < 4.78 is 39.1. The average Bonchev–Trinajstić information content (AvgIpc) is 3.21. The number of carbonyl (C=O) groups is 2. The molecular weight excluding hydrogens is 383 g/mol. The quantitative estimate of drug-likeness (QED) is 0.780. The first-order chi connectivity index (χ1) is 13.8. The van der Waals surface area contributed by atoms with E-state index in [1.54, 1.807) is 25.1 Å². The molecule has 2 aromatic rings. The summed E-state index contributed by atoms with van der Waals surface area (Å²) in [6, 6.07) is 9.97. The number of nitrogens with zero attached hydrogens (tertiary/aromatic N) is 1. The van der Waals surface area contributed by atoms with Crippen LogP contribution in [0.2, 0.25) is 0 Å². The molecule has 154 valence electrons. The van der Waals surface area contributed by atoms with E-state index in [0.29, 0.717) is 11.3 Å². The highest BCUT2D eigenvalue weighted by Gasteiger charge is 2.33. The second-order valence-corrected chi connectivity index (χ2v) is 6.97. The number of benzene rings is 2. The number of anilines is 2. The van der Waals surface area contributed by atoms with Gasteiger partial charge in [-0.3, -0.25) is 9.59 Å². The smallest absolute Gasteiger partial charge is 0.376 e. The number of hydrogen-bond donors (Lipinski definition) is 2. The minimum absolute atomic E-state index is 0.0151. The second-order valence-electron chi connectivity index (χ2n) is 6.97. The molecule has 0 aliphatic carbocycles. The minimum Gasteiger partial charge on any atom is -0.376 e. The monoisotopic (exact) mass is 405 g/mol. The lowest BCUT2D eigenvalue weighted by molar-refractivity contribution is -0.137. The minimum atomic E-state index is -4.55. The molecule has 1 aliphatic heterocycles. The van der Waals surface area contributed by atoms with Gasteiger partial charge in [-0.15, -0.1) is 0 Å². The number of alkyl halides is 3. The van der Waals surface area contributed by atoms with Crippen LogP contribution < -0.4 is 10.6 Å². The van der Waals surface area contributed by atoms with Crippen molar-refractivity contribution in [3.8, 4) is 0 Å². The van der Waals surface area contributed by atoms with Crippen molar-refractivity contribution in [3.05, 3.63) is 59.2 Å². The molecule has 0 saturated carbocycles. The van der Waals surface area contributed by atoms with Gasteiger partial charge in [-0.1, -0.05) is 12.1 Å². The van der Waals surface area contributed by atoms with Gasteiger partial charge < -0.3 is 15.5 Å². The van der Waals surface area contributed by atoms with Crippen LogP contribution in [0.5, 0.6) is 0 Å². The maximum absolute atomic E-state index is 13.0. The summed E-state index contributed by atoms with van der Waals surface area (Å²) in [6.45, 7) is 3.13. The maximum atomic E-state index is 13.0. The normalized spacial score (nSPS) is 14.0. The molecule has 2 amide bonds. The zero-order valence-electron chi connectivity index (χ0n) is 16.0. The fourth-order valence-corrected chi connectivity index (χ4v) is 3.31. The van der Waals surface area contributed by atoms with Crippen LogP contribution in [0.25, 0.3) is 0 Å². The molecule has 2 N–H and O–H groups in total. The molecule has 0 radical (unpaired) electrons. The van der Waals surface area contributed by atoms with Crippen LogP contribution in [0.1, 0.15) is 34.3 Å². The Balaban J connectivity index is 1.61. The van der Waals surface area contributed by atoms with Crippen LogP contribution in [0.3, 0.4) is 0 Å². The van der Waals surface area contributed by atoms with E-state index in [2.05, 4.69) is 10.6 Å². The van der Waals surface area contributed by atoms with E-state index in [-0.39, 0.29) is 18.1 Å². The summed E-state index contributed by atoms with van der Waals surface area (Å²) in [5.41, 5.74) is 0.823. The van der Waals surface area contributed by atoms with Gasteiger partial charge in [0, 0.05) is 24.3 Å².